The molecule has 4 nitrogen and oxygen atoms in total. The number of pyridine rings is 3. The van der Waals surface area contributed by atoms with Gasteiger partial charge in [0.05, 0.1) is 22.2 Å². The lowest BCUT2D eigenvalue weighted by Crippen LogP contribution is -1.90. The number of rotatable bonds is 2. The first-order valence-electron chi connectivity index (χ1n) is 12.3. The minimum atomic E-state index is 0.814. The molecular formula is C33H19N3O. The molecule has 0 radical (unpaired) electrons. The van der Waals surface area contributed by atoms with Crippen molar-refractivity contribution in [1.82, 2.24) is 15.0 Å². The first-order chi connectivity index (χ1) is 18.3. The van der Waals surface area contributed by atoms with E-state index in [0.29, 0.717) is 0 Å². The lowest BCUT2D eigenvalue weighted by molar-refractivity contribution is 0.669. The monoisotopic (exact) mass is 473 g/mol. The van der Waals surface area contributed by atoms with Crippen LogP contribution in [0.5, 0.6) is 0 Å². The zero-order chi connectivity index (χ0) is 24.3. The Balaban J connectivity index is 1.30. The van der Waals surface area contributed by atoms with Crippen LogP contribution in [0.4, 0.5) is 0 Å². The molecule has 0 aliphatic rings. The van der Waals surface area contributed by atoms with Gasteiger partial charge in [-0.2, -0.15) is 0 Å². The summed E-state index contributed by atoms with van der Waals surface area (Å²) in [5.74, 6) is 0. The molecule has 37 heavy (non-hydrogen) atoms. The van der Waals surface area contributed by atoms with E-state index in [2.05, 4.69) is 89.9 Å². The Hall–Kier alpha value is -5.09. The standard InChI is InChI=1S/C33H19N3O/c1-3-9-27-24(7-1)29-25-8-2-4-10-28(25)37-33(29)32(36-27)23-13-11-20(12-14-23)26-18-17-22-16-15-21-6-5-19-34-30(21)31(22)35-26/h1-19H. The van der Waals surface area contributed by atoms with Gasteiger partial charge in [0.1, 0.15) is 11.3 Å². The van der Waals surface area contributed by atoms with Gasteiger partial charge in [-0.05, 0) is 24.3 Å². The molecule has 0 aliphatic carbocycles. The molecule has 0 unspecified atom stereocenters. The second kappa shape index (κ2) is 7.70. The van der Waals surface area contributed by atoms with E-state index in [-0.39, 0.29) is 0 Å². The van der Waals surface area contributed by atoms with Gasteiger partial charge in [0.15, 0.2) is 5.58 Å². The van der Waals surface area contributed by atoms with Crippen molar-refractivity contribution >= 4 is 54.6 Å². The molecule has 0 amide bonds. The molecule has 8 aromatic rings. The number of hydrogen-bond acceptors (Lipinski definition) is 4. The van der Waals surface area contributed by atoms with Crippen LogP contribution in [0.25, 0.3) is 77.2 Å². The van der Waals surface area contributed by atoms with Gasteiger partial charge in [-0.15, -0.1) is 0 Å². The van der Waals surface area contributed by atoms with E-state index in [0.717, 1.165) is 77.2 Å². The van der Waals surface area contributed by atoms with Crippen LogP contribution >= 0.6 is 0 Å². The Morgan fingerprint density at radius 1 is 0.541 bits per heavy atom. The third-order valence-electron chi connectivity index (χ3n) is 7.10. The fourth-order valence-corrected chi connectivity index (χ4v) is 5.31. The molecule has 172 valence electrons. The molecular weight excluding hydrogens is 454 g/mol. The van der Waals surface area contributed by atoms with Crippen LogP contribution in [-0.4, -0.2) is 15.0 Å². The van der Waals surface area contributed by atoms with Gasteiger partial charge in [-0.1, -0.05) is 84.9 Å². The smallest absolute Gasteiger partial charge is 0.162 e. The molecule has 0 fully saturated rings. The van der Waals surface area contributed by atoms with Crippen LogP contribution in [-0.2, 0) is 0 Å². The Kier molecular flexibility index (Phi) is 4.19. The highest BCUT2D eigenvalue weighted by Gasteiger charge is 2.17. The fraction of sp³-hybridized carbons (Fsp3) is 0. The number of aromatic nitrogens is 3. The van der Waals surface area contributed by atoms with Gasteiger partial charge < -0.3 is 4.42 Å². The summed E-state index contributed by atoms with van der Waals surface area (Å²) < 4.78 is 6.37. The maximum Gasteiger partial charge on any atom is 0.162 e. The summed E-state index contributed by atoms with van der Waals surface area (Å²) in [6.07, 6.45) is 1.82. The van der Waals surface area contributed by atoms with Crippen molar-refractivity contribution in [3.05, 3.63) is 115 Å². The molecule has 4 aromatic heterocycles. The van der Waals surface area contributed by atoms with E-state index in [1.54, 1.807) is 0 Å². The number of furan rings is 1. The van der Waals surface area contributed by atoms with E-state index in [4.69, 9.17) is 14.4 Å². The lowest BCUT2D eigenvalue weighted by atomic mass is 10.0. The number of fused-ring (bicyclic) bond motifs is 8. The minimum absolute atomic E-state index is 0.814. The van der Waals surface area contributed by atoms with Crippen molar-refractivity contribution in [2.24, 2.45) is 0 Å². The Bertz CT molecular complexity index is 2140. The van der Waals surface area contributed by atoms with Crippen LogP contribution in [0.15, 0.2) is 120 Å². The Labute approximate surface area is 211 Å². The van der Waals surface area contributed by atoms with E-state index >= 15 is 0 Å². The molecule has 0 spiro atoms. The van der Waals surface area contributed by atoms with Crippen molar-refractivity contribution in [1.29, 1.82) is 0 Å². The zero-order valence-electron chi connectivity index (χ0n) is 19.7. The maximum atomic E-state index is 6.37. The largest absolute Gasteiger partial charge is 0.454 e. The molecule has 0 atom stereocenters. The van der Waals surface area contributed by atoms with Crippen LogP contribution in [0.2, 0.25) is 0 Å². The molecule has 0 aliphatic heterocycles. The van der Waals surface area contributed by atoms with Gasteiger partial charge in [0.25, 0.3) is 0 Å². The first-order valence-corrected chi connectivity index (χ1v) is 12.3. The van der Waals surface area contributed by atoms with E-state index in [9.17, 15) is 0 Å². The summed E-state index contributed by atoms with van der Waals surface area (Å²) in [5, 5.41) is 5.49. The topological polar surface area (TPSA) is 51.8 Å². The minimum Gasteiger partial charge on any atom is -0.454 e. The summed E-state index contributed by atoms with van der Waals surface area (Å²) in [6, 6.07) is 37.3. The summed E-state index contributed by atoms with van der Waals surface area (Å²) in [7, 11) is 0. The van der Waals surface area contributed by atoms with Crippen molar-refractivity contribution in [3.8, 4) is 22.5 Å². The zero-order valence-corrected chi connectivity index (χ0v) is 19.7. The molecule has 0 saturated carbocycles. The SMILES string of the molecule is c1cnc2c(c1)ccc1ccc(-c3ccc(-c4nc5ccccc5c5c4oc4ccccc45)cc3)nc12. The Morgan fingerprint density at radius 3 is 2.16 bits per heavy atom. The third kappa shape index (κ3) is 3.06. The quantitative estimate of drug-likeness (QED) is 0.236. The highest BCUT2D eigenvalue weighted by molar-refractivity contribution is 6.20. The number of para-hydroxylation sites is 2. The average Bonchev–Trinajstić information content (AvgIpc) is 3.37. The summed E-state index contributed by atoms with van der Waals surface area (Å²) in [5.41, 5.74) is 8.29. The normalized spacial score (nSPS) is 11.8. The van der Waals surface area contributed by atoms with Gasteiger partial charge in [-0.25, -0.2) is 9.97 Å². The second-order valence-electron chi connectivity index (χ2n) is 9.27. The first kappa shape index (κ1) is 20.1. The third-order valence-corrected chi connectivity index (χ3v) is 7.10. The molecule has 8 rings (SSSR count). The molecule has 0 bridgehead atoms. The van der Waals surface area contributed by atoms with Crippen LogP contribution in [0, 0.1) is 0 Å². The summed E-state index contributed by atoms with van der Waals surface area (Å²) in [6.45, 7) is 0. The van der Waals surface area contributed by atoms with E-state index in [1.165, 1.54) is 0 Å². The predicted octanol–water partition coefficient (Wildman–Crippen LogP) is 8.56. The number of hydrogen-bond donors (Lipinski definition) is 0. The van der Waals surface area contributed by atoms with Gasteiger partial charge in [0.2, 0.25) is 0 Å². The second-order valence-corrected chi connectivity index (χ2v) is 9.27. The maximum absolute atomic E-state index is 6.37. The van der Waals surface area contributed by atoms with Crippen molar-refractivity contribution in [3.63, 3.8) is 0 Å². The van der Waals surface area contributed by atoms with Crippen LogP contribution in [0.3, 0.4) is 0 Å². The molecule has 0 N–H and O–H groups in total. The van der Waals surface area contributed by atoms with Crippen molar-refractivity contribution in [2.45, 2.75) is 0 Å². The number of nitrogens with zero attached hydrogens (tertiary/aromatic N) is 3. The predicted molar refractivity (Wildman–Crippen MR) is 150 cm³/mol. The highest BCUT2D eigenvalue weighted by atomic mass is 16.3. The average molecular weight is 474 g/mol. The summed E-state index contributed by atoms with van der Waals surface area (Å²) >= 11 is 0. The lowest BCUT2D eigenvalue weighted by Gasteiger charge is -2.08. The van der Waals surface area contributed by atoms with Gasteiger partial charge in [-0.3, -0.25) is 4.98 Å². The Morgan fingerprint density at radius 2 is 1.27 bits per heavy atom. The fourth-order valence-electron chi connectivity index (χ4n) is 5.31. The molecule has 4 heteroatoms. The van der Waals surface area contributed by atoms with Crippen molar-refractivity contribution < 1.29 is 4.42 Å². The molecule has 4 heterocycles. The highest BCUT2D eigenvalue weighted by Crippen LogP contribution is 2.39. The molecule has 4 aromatic carbocycles. The van der Waals surface area contributed by atoms with Crippen LogP contribution in [0.1, 0.15) is 0 Å². The van der Waals surface area contributed by atoms with Gasteiger partial charge >= 0.3 is 0 Å². The van der Waals surface area contributed by atoms with Gasteiger partial charge in [0, 0.05) is 44.3 Å². The van der Waals surface area contributed by atoms with Crippen LogP contribution < -0.4 is 0 Å². The molecule has 0 saturated heterocycles. The van der Waals surface area contributed by atoms with Crippen molar-refractivity contribution in [2.75, 3.05) is 0 Å². The number of benzene rings is 4. The summed E-state index contributed by atoms with van der Waals surface area (Å²) in [4.78, 5) is 14.6. The van der Waals surface area contributed by atoms with E-state index in [1.807, 2.05) is 30.5 Å². The van der Waals surface area contributed by atoms with E-state index < -0.39 is 0 Å².